The van der Waals surface area contributed by atoms with Gasteiger partial charge in [0, 0.05) is 18.6 Å². The minimum absolute atomic E-state index is 0.0192. The van der Waals surface area contributed by atoms with Crippen molar-refractivity contribution in [2.75, 3.05) is 20.8 Å². The maximum absolute atomic E-state index is 12.9. The minimum Gasteiger partial charge on any atom is -0.508 e. The van der Waals surface area contributed by atoms with Gasteiger partial charge in [-0.3, -0.25) is 4.79 Å². The van der Waals surface area contributed by atoms with E-state index in [1.165, 1.54) is 26.4 Å². The number of hydrogen-bond acceptors (Lipinski definition) is 6. The molecule has 0 fully saturated rings. The Hall–Kier alpha value is -3.42. The summed E-state index contributed by atoms with van der Waals surface area (Å²) in [5.74, 6) is -0.236. The number of carbonyl (C=O) groups excluding carboxylic acids is 2. The molecule has 0 radical (unpaired) electrons. The molecule has 0 aliphatic rings. The Morgan fingerprint density at radius 3 is 2.06 bits per heavy atom. The van der Waals surface area contributed by atoms with Gasteiger partial charge in [-0.25, -0.2) is 4.79 Å². The van der Waals surface area contributed by atoms with Crippen molar-refractivity contribution < 1.29 is 28.9 Å². The summed E-state index contributed by atoms with van der Waals surface area (Å²) >= 11 is 12.3. The number of phenols is 1. The number of aromatic hydroxyl groups is 1. The molecule has 0 aliphatic carbocycles. The fourth-order valence-electron chi connectivity index (χ4n) is 3.61. The molecule has 0 aromatic heterocycles. The third-order valence-corrected chi connectivity index (χ3v) is 5.87. The van der Waals surface area contributed by atoms with Crippen LogP contribution in [-0.4, -0.2) is 43.9 Å². The molecule has 0 saturated carbocycles. The van der Waals surface area contributed by atoms with E-state index in [2.05, 4.69) is 5.32 Å². The van der Waals surface area contributed by atoms with E-state index < -0.39 is 17.9 Å². The molecule has 0 saturated heterocycles. The van der Waals surface area contributed by atoms with Gasteiger partial charge in [-0.05, 0) is 30.2 Å². The van der Waals surface area contributed by atoms with Gasteiger partial charge >= 0.3 is 5.97 Å². The van der Waals surface area contributed by atoms with Crippen molar-refractivity contribution in [2.24, 2.45) is 0 Å². The van der Waals surface area contributed by atoms with Crippen LogP contribution in [0.3, 0.4) is 0 Å². The van der Waals surface area contributed by atoms with Crippen molar-refractivity contribution in [1.82, 2.24) is 5.32 Å². The van der Waals surface area contributed by atoms with Crippen LogP contribution in [0, 0.1) is 0 Å². The van der Waals surface area contributed by atoms with E-state index in [1.54, 1.807) is 25.1 Å². The Labute approximate surface area is 213 Å². The number of amides is 1. The summed E-state index contributed by atoms with van der Waals surface area (Å²) in [5.41, 5.74) is 2.31. The molecule has 0 bridgehead atoms. The molecule has 3 aromatic rings. The van der Waals surface area contributed by atoms with Crippen LogP contribution in [-0.2, 0) is 16.0 Å². The molecule has 184 valence electrons. The summed E-state index contributed by atoms with van der Waals surface area (Å²) in [6, 6.07) is 14.1. The second-order valence-corrected chi connectivity index (χ2v) is 8.32. The third kappa shape index (κ3) is 6.18. The SMILES string of the molecule is CCOC(=O)[C@H](Cc1ccc(-c2c(OC)cc(O)cc2OC)cc1)NC(=O)c1c(Cl)cccc1Cl. The van der Waals surface area contributed by atoms with Crippen LogP contribution in [0.2, 0.25) is 10.0 Å². The van der Waals surface area contributed by atoms with E-state index >= 15 is 0 Å². The molecule has 0 heterocycles. The van der Waals surface area contributed by atoms with Crippen LogP contribution in [0.15, 0.2) is 54.6 Å². The van der Waals surface area contributed by atoms with Crippen molar-refractivity contribution in [3.8, 4) is 28.4 Å². The zero-order valence-electron chi connectivity index (χ0n) is 19.4. The van der Waals surface area contributed by atoms with Crippen LogP contribution >= 0.6 is 23.2 Å². The minimum atomic E-state index is -0.960. The molecule has 35 heavy (non-hydrogen) atoms. The number of benzene rings is 3. The van der Waals surface area contributed by atoms with Crippen molar-refractivity contribution in [1.29, 1.82) is 0 Å². The van der Waals surface area contributed by atoms with Gasteiger partial charge in [-0.1, -0.05) is 53.5 Å². The average molecular weight is 518 g/mol. The maximum atomic E-state index is 12.9. The van der Waals surface area contributed by atoms with E-state index in [9.17, 15) is 14.7 Å². The molecule has 1 atom stereocenters. The number of ether oxygens (including phenoxy) is 3. The topological polar surface area (TPSA) is 94.1 Å². The molecular formula is C26H25Cl2NO6. The molecule has 3 rings (SSSR count). The largest absolute Gasteiger partial charge is 0.508 e. The Balaban J connectivity index is 1.87. The zero-order chi connectivity index (χ0) is 25.5. The average Bonchev–Trinajstić information content (AvgIpc) is 2.83. The maximum Gasteiger partial charge on any atom is 0.328 e. The lowest BCUT2D eigenvalue weighted by molar-refractivity contribution is -0.145. The molecule has 1 amide bonds. The second-order valence-electron chi connectivity index (χ2n) is 7.50. The fraction of sp³-hybridized carbons (Fsp3) is 0.231. The van der Waals surface area contributed by atoms with Gasteiger partial charge in [0.15, 0.2) is 0 Å². The Kier molecular flexibility index (Phi) is 8.84. The molecule has 0 unspecified atom stereocenters. The van der Waals surface area contributed by atoms with Gasteiger partial charge in [0.2, 0.25) is 0 Å². The summed E-state index contributed by atoms with van der Waals surface area (Å²) in [6.07, 6.45) is 0.177. The van der Waals surface area contributed by atoms with Crippen LogP contribution in [0.1, 0.15) is 22.8 Å². The summed E-state index contributed by atoms with van der Waals surface area (Å²) in [6.45, 7) is 1.85. The molecule has 9 heteroatoms. The predicted molar refractivity (Wildman–Crippen MR) is 135 cm³/mol. The number of rotatable bonds is 9. The first-order valence-corrected chi connectivity index (χ1v) is 11.5. The number of nitrogens with one attached hydrogen (secondary N) is 1. The summed E-state index contributed by atoms with van der Waals surface area (Å²) in [7, 11) is 3.01. The van der Waals surface area contributed by atoms with Crippen molar-refractivity contribution in [3.05, 3.63) is 75.8 Å². The first-order chi connectivity index (χ1) is 16.8. The number of carbonyl (C=O) groups is 2. The number of esters is 1. The lowest BCUT2D eigenvalue weighted by Gasteiger charge is -2.19. The highest BCUT2D eigenvalue weighted by Crippen LogP contribution is 2.41. The number of hydrogen-bond donors (Lipinski definition) is 2. The van der Waals surface area contributed by atoms with E-state index in [4.69, 9.17) is 37.4 Å². The molecular weight excluding hydrogens is 493 g/mol. The Bertz CT molecular complexity index is 1170. The first kappa shape index (κ1) is 26.2. The zero-order valence-corrected chi connectivity index (χ0v) is 20.9. The van der Waals surface area contributed by atoms with Crippen LogP contribution < -0.4 is 14.8 Å². The highest BCUT2D eigenvalue weighted by atomic mass is 35.5. The molecule has 0 aliphatic heterocycles. The van der Waals surface area contributed by atoms with Gasteiger partial charge in [0.1, 0.15) is 23.3 Å². The van der Waals surface area contributed by atoms with Crippen molar-refractivity contribution in [2.45, 2.75) is 19.4 Å². The van der Waals surface area contributed by atoms with Crippen molar-refractivity contribution >= 4 is 35.1 Å². The lowest BCUT2D eigenvalue weighted by atomic mass is 9.99. The monoisotopic (exact) mass is 517 g/mol. The summed E-state index contributed by atoms with van der Waals surface area (Å²) < 4.78 is 16.0. The number of methoxy groups -OCH3 is 2. The first-order valence-electron chi connectivity index (χ1n) is 10.7. The summed E-state index contributed by atoms with van der Waals surface area (Å²) in [5, 5.41) is 12.9. The quantitative estimate of drug-likeness (QED) is 0.374. The highest BCUT2D eigenvalue weighted by Gasteiger charge is 2.25. The third-order valence-electron chi connectivity index (χ3n) is 5.24. The normalized spacial score (nSPS) is 11.5. The van der Waals surface area contributed by atoms with Crippen LogP contribution in [0.25, 0.3) is 11.1 Å². The van der Waals surface area contributed by atoms with E-state index in [0.717, 1.165) is 11.1 Å². The van der Waals surface area contributed by atoms with E-state index in [0.29, 0.717) is 17.1 Å². The molecule has 7 nitrogen and oxygen atoms in total. The van der Waals surface area contributed by atoms with Gasteiger partial charge < -0.3 is 24.6 Å². The standard InChI is InChI=1S/C26H25Cl2NO6/c1-4-35-26(32)20(29-25(31)24-18(27)6-5-7-19(24)28)12-15-8-10-16(11-9-15)23-21(33-2)13-17(30)14-22(23)34-3/h5-11,13-14,20,30H,4,12H2,1-3H3,(H,29,31)/t20-/m0/s1. The van der Waals surface area contributed by atoms with Gasteiger partial charge in [-0.2, -0.15) is 0 Å². The van der Waals surface area contributed by atoms with Gasteiger partial charge in [-0.15, -0.1) is 0 Å². The highest BCUT2D eigenvalue weighted by molar-refractivity contribution is 6.39. The summed E-state index contributed by atoms with van der Waals surface area (Å²) in [4.78, 5) is 25.5. The lowest BCUT2D eigenvalue weighted by Crippen LogP contribution is -2.43. The predicted octanol–water partition coefficient (Wildman–Crippen LogP) is 5.29. The van der Waals surface area contributed by atoms with Gasteiger partial charge in [0.05, 0.1) is 42.0 Å². The van der Waals surface area contributed by atoms with E-state index in [-0.39, 0.29) is 34.4 Å². The smallest absolute Gasteiger partial charge is 0.328 e. The number of halogens is 2. The molecule has 3 aromatic carbocycles. The van der Waals surface area contributed by atoms with Gasteiger partial charge in [0.25, 0.3) is 5.91 Å². The second kappa shape index (κ2) is 11.8. The number of phenolic OH excluding ortho intramolecular Hbond substituents is 1. The van der Waals surface area contributed by atoms with Crippen molar-refractivity contribution in [3.63, 3.8) is 0 Å². The van der Waals surface area contributed by atoms with Crippen LogP contribution in [0.4, 0.5) is 0 Å². The molecule has 2 N–H and O–H groups in total. The fourth-order valence-corrected chi connectivity index (χ4v) is 4.18. The van der Waals surface area contributed by atoms with Crippen LogP contribution in [0.5, 0.6) is 17.2 Å². The molecule has 0 spiro atoms. The Morgan fingerprint density at radius 2 is 1.54 bits per heavy atom. The van der Waals surface area contributed by atoms with E-state index in [1.807, 2.05) is 24.3 Å². The Morgan fingerprint density at radius 1 is 0.971 bits per heavy atom.